The van der Waals surface area contributed by atoms with Gasteiger partial charge in [-0.3, -0.25) is 0 Å². The number of aryl methyl sites for hydroxylation is 3. The van der Waals surface area contributed by atoms with Crippen LogP contribution in [0.5, 0.6) is 0 Å². The molecule has 2 aromatic heterocycles. The second kappa shape index (κ2) is 5.23. The van der Waals surface area contributed by atoms with Crippen molar-refractivity contribution in [2.45, 2.75) is 46.2 Å². The molecule has 106 valence electrons. The number of imidazole rings is 1. The van der Waals surface area contributed by atoms with Crippen LogP contribution in [0, 0.1) is 20.8 Å². The zero-order chi connectivity index (χ0) is 14.1. The summed E-state index contributed by atoms with van der Waals surface area (Å²) in [6.07, 6.45) is 6.30. The maximum Gasteiger partial charge on any atom is 0.226 e. The van der Waals surface area contributed by atoms with Crippen LogP contribution in [-0.2, 0) is 6.54 Å². The molecule has 0 spiro atoms. The van der Waals surface area contributed by atoms with Gasteiger partial charge in [-0.1, -0.05) is 0 Å². The topological polar surface area (TPSA) is 46.8 Å². The molecule has 0 bridgehead atoms. The Hall–Kier alpha value is -1.91. The average Bonchev–Trinajstić information content (AvgIpc) is 2.99. The minimum atomic E-state index is 0.462. The van der Waals surface area contributed by atoms with Crippen LogP contribution >= 0.6 is 0 Å². The maximum absolute atomic E-state index is 4.61. The molecule has 1 unspecified atom stereocenters. The summed E-state index contributed by atoms with van der Waals surface area (Å²) in [5, 5.41) is 0. The molecule has 1 saturated heterocycles. The van der Waals surface area contributed by atoms with Crippen LogP contribution < -0.4 is 4.90 Å². The molecule has 0 radical (unpaired) electrons. The minimum Gasteiger partial charge on any atom is -0.336 e. The third-order valence-corrected chi connectivity index (χ3v) is 3.94. The molecule has 20 heavy (non-hydrogen) atoms. The van der Waals surface area contributed by atoms with Crippen LogP contribution in [0.2, 0.25) is 0 Å². The highest BCUT2D eigenvalue weighted by atomic mass is 15.3. The lowest BCUT2D eigenvalue weighted by atomic mass is 10.2. The van der Waals surface area contributed by atoms with E-state index < -0.39 is 0 Å². The van der Waals surface area contributed by atoms with Gasteiger partial charge in [0.15, 0.2) is 0 Å². The van der Waals surface area contributed by atoms with Crippen molar-refractivity contribution in [1.82, 2.24) is 19.5 Å². The Labute approximate surface area is 119 Å². The summed E-state index contributed by atoms with van der Waals surface area (Å²) < 4.78 is 2.21. The van der Waals surface area contributed by atoms with E-state index in [-0.39, 0.29) is 0 Å². The van der Waals surface area contributed by atoms with Gasteiger partial charge >= 0.3 is 0 Å². The Kier molecular flexibility index (Phi) is 3.42. The lowest BCUT2D eigenvalue weighted by Gasteiger charge is -2.25. The predicted molar refractivity (Wildman–Crippen MR) is 78.8 cm³/mol. The molecular formula is C15H21N5. The van der Waals surface area contributed by atoms with Crippen molar-refractivity contribution in [3.63, 3.8) is 0 Å². The van der Waals surface area contributed by atoms with Gasteiger partial charge in [-0.25, -0.2) is 15.0 Å². The van der Waals surface area contributed by atoms with Gasteiger partial charge in [0.1, 0.15) is 5.82 Å². The van der Waals surface area contributed by atoms with E-state index in [1.165, 1.54) is 12.8 Å². The Morgan fingerprint density at radius 1 is 1.20 bits per heavy atom. The SMILES string of the molecule is Cc1cc(C)nc(N2CCCC2Cn2ccnc2C)n1. The van der Waals surface area contributed by atoms with E-state index in [4.69, 9.17) is 0 Å². The lowest BCUT2D eigenvalue weighted by Crippen LogP contribution is -2.34. The molecule has 0 saturated carbocycles. The zero-order valence-electron chi connectivity index (χ0n) is 12.4. The summed E-state index contributed by atoms with van der Waals surface area (Å²) in [5.74, 6) is 1.95. The largest absolute Gasteiger partial charge is 0.336 e. The number of hydrogen-bond acceptors (Lipinski definition) is 4. The Morgan fingerprint density at radius 3 is 2.60 bits per heavy atom. The van der Waals surface area contributed by atoms with Crippen molar-refractivity contribution in [2.75, 3.05) is 11.4 Å². The molecule has 2 aromatic rings. The summed E-state index contributed by atoms with van der Waals surface area (Å²) >= 11 is 0. The first-order chi connectivity index (χ1) is 9.63. The second-order valence-electron chi connectivity index (χ2n) is 5.57. The van der Waals surface area contributed by atoms with E-state index in [2.05, 4.69) is 24.4 Å². The second-order valence-corrected chi connectivity index (χ2v) is 5.57. The molecule has 0 aliphatic carbocycles. The van der Waals surface area contributed by atoms with Crippen LogP contribution in [0.4, 0.5) is 5.95 Å². The van der Waals surface area contributed by atoms with Crippen LogP contribution in [0.15, 0.2) is 18.5 Å². The molecule has 3 heterocycles. The van der Waals surface area contributed by atoms with Gasteiger partial charge in [-0.15, -0.1) is 0 Å². The lowest BCUT2D eigenvalue weighted by molar-refractivity contribution is 0.534. The van der Waals surface area contributed by atoms with E-state index in [0.29, 0.717) is 6.04 Å². The molecule has 3 rings (SSSR count). The molecule has 0 aromatic carbocycles. The monoisotopic (exact) mass is 271 g/mol. The molecular weight excluding hydrogens is 250 g/mol. The quantitative estimate of drug-likeness (QED) is 0.859. The number of hydrogen-bond donors (Lipinski definition) is 0. The van der Waals surface area contributed by atoms with Crippen molar-refractivity contribution >= 4 is 5.95 Å². The summed E-state index contributed by atoms with van der Waals surface area (Å²) in [6, 6.07) is 2.48. The van der Waals surface area contributed by atoms with Crippen molar-refractivity contribution in [3.05, 3.63) is 35.7 Å². The van der Waals surface area contributed by atoms with Crippen molar-refractivity contribution in [3.8, 4) is 0 Å². The van der Waals surface area contributed by atoms with E-state index in [1.807, 2.05) is 39.2 Å². The molecule has 1 aliphatic heterocycles. The van der Waals surface area contributed by atoms with Gasteiger partial charge < -0.3 is 9.47 Å². The Balaban J connectivity index is 1.83. The van der Waals surface area contributed by atoms with E-state index in [9.17, 15) is 0 Å². The summed E-state index contributed by atoms with van der Waals surface area (Å²) in [7, 11) is 0. The van der Waals surface area contributed by atoms with Crippen LogP contribution in [0.3, 0.4) is 0 Å². The summed E-state index contributed by atoms with van der Waals surface area (Å²) in [5.41, 5.74) is 2.08. The van der Waals surface area contributed by atoms with Crippen molar-refractivity contribution in [1.29, 1.82) is 0 Å². The molecule has 1 fully saturated rings. The van der Waals surface area contributed by atoms with E-state index >= 15 is 0 Å². The molecule has 1 aliphatic rings. The average molecular weight is 271 g/mol. The van der Waals surface area contributed by atoms with Gasteiger partial charge in [0.2, 0.25) is 5.95 Å². The van der Waals surface area contributed by atoms with E-state index in [1.54, 1.807) is 0 Å². The third-order valence-electron chi connectivity index (χ3n) is 3.94. The summed E-state index contributed by atoms with van der Waals surface area (Å²) in [4.78, 5) is 15.9. The van der Waals surface area contributed by atoms with Crippen LogP contribution in [0.25, 0.3) is 0 Å². The van der Waals surface area contributed by atoms with Crippen molar-refractivity contribution in [2.24, 2.45) is 0 Å². The highest BCUT2D eigenvalue weighted by Gasteiger charge is 2.27. The molecule has 5 heteroatoms. The molecule has 0 N–H and O–H groups in total. The highest BCUT2D eigenvalue weighted by molar-refractivity contribution is 5.35. The Morgan fingerprint density at radius 2 is 1.95 bits per heavy atom. The predicted octanol–water partition coefficient (Wildman–Crippen LogP) is 2.27. The number of anilines is 1. The standard InChI is InChI=1S/C15H21N5/c1-11-9-12(2)18-15(17-11)20-7-4-5-14(20)10-19-8-6-16-13(19)3/h6,8-9,14H,4-5,7,10H2,1-3H3. The van der Waals surface area contributed by atoms with Crippen LogP contribution in [0.1, 0.15) is 30.1 Å². The maximum atomic E-state index is 4.61. The molecule has 0 amide bonds. The fourth-order valence-electron chi connectivity index (χ4n) is 2.95. The third kappa shape index (κ3) is 2.53. The van der Waals surface area contributed by atoms with E-state index in [0.717, 1.165) is 36.3 Å². The first-order valence-corrected chi connectivity index (χ1v) is 7.20. The number of aromatic nitrogens is 4. The fourth-order valence-corrected chi connectivity index (χ4v) is 2.95. The molecule has 1 atom stereocenters. The highest BCUT2D eigenvalue weighted by Crippen LogP contribution is 2.24. The molecule has 5 nitrogen and oxygen atoms in total. The smallest absolute Gasteiger partial charge is 0.226 e. The summed E-state index contributed by atoms with van der Waals surface area (Å²) in [6.45, 7) is 8.11. The normalized spacial score (nSPS) is 18.8. The van der Waals surface area contributed by atoms with Gasteiger partial charge in [0.25, 0.3) is 0 Å². The van der Waals surface area contributed by atoms with Gasteiger partial charge in [-0.05, 0) is 39.7 Å². The first kappa shape index (κ1) is 13.1. The van der Waals surface area contributed by atoms with Gasteiger partial charge in [-0.2, -0.15) is 0 Å². The Bertz CT molecular complexity index is 584. The number of rotatable bonds is 3. The van der Waals surface area contributed by atoms with Gasteiger partial charge in [0, 0.05) is 42.9 Å². The van der Waals surface area contributed by atoms with Crippen LogP contribution in [-0.4, -0.2) is 32.1 Å². The van der Waals surface area contributed by atoms with Gasteiger partial charge in [0.05, 0.1) is 0 Å². The minimum absolute atomic E-state index is 0.462. The fraction of sp³-hybridized carbons (Fsp3) is 0.533. The first-order valence-electron chi connectivity index (χ1n) is 7.20. The number of nitrogens with zero attached hydrogens (tertiary/aromatic N) is 5. The zero-order valence-corrected chi connectivity index (χ0v) is 12.4. The van der Waals surface area contributed by atoms with Crippen molar-refractivity contribution < 1.29 is 0 Å².